The molecule has 160 valence electrons. The van der Waals surface area contributed by atoms with Gasteiger partial charge in [0.2, 0.25) is 0 Å². The van der Waals surface area contributed by atoms with E-state index in [9.17, 15) is 0 Å². The lowest BCUT2D eigenvalue weighted by Gasteiger charge is -2.34. The van der Waals surface area contributed by atoms with Gasteiger partial charge in [0.1, 0.15) is 12.4 Å². The smallest absolute Gasteiger partial charge is 0.123 e. The first kappa shape index (κ1) is 20.5. The van der Waals surface area contributed by atoms with Crippen molar-refractivity contribution in [2.24, 2.45) is 0 Å². The average Bonchev–Trinajstić information content (AvgIpc) is 2.85. The molecule has 5 rings (SSSR count). The van der Waals surface area contributed by atoms with Crippen LogP contribution in [-0.4, -0.2) is 42.6 Å². The number of benzene rings is 3. The lowest BCUT2D eigenvalue weighted by molar-refractivity contribution is 0.220. The van der Waals surface area contributed by atoms with Gasteiger partial charge in [-0.05, 0) is 29.7 Å². The molecule has 2 aliphatic heterocycles. The Kier molecular flexibility index (Phi) is 6.47. The van der Waals surface area contributed by atoms with Crippen LogP contribution in [-0.2, 0) is 0 Å². The summed E-state index contributed by atoms with van der Waals surface area (Å²) in [5.74, 6) is 3.82. The van der Waals surface area contributed by atoms with Crippen molar-refractivity contribution in [3.63, 3.8) is 0 Å². The quantitative estimate of drug-likeness (QED) is 0.534. The standard InChI is InChI=1S/C27H30N2OS/c1-2-8-21(9-3-1)26-20-24(22-10-4-6-12-25(22)28-26)23-11-5-7-13-27(23)30-17-14-29-15-18-31-19-16-29/h1-13,24,26,28H,14-20H2. The van der Waals surface area contributed by atoms with Crippen LogP contribution in [0.25, 0.3) is 0 Å². The largest absolute Gasteiger partial charge is 0.492 e. The molecule has 1 fully saturated rings. The summed E-state index contributed by atoms with van der Waals surface area (Å²) in [7, 11) is 0. The molecule has 0 radical (unpaired) electrons. The van der Waals surface area contributed by atoms with Crippen LogP contribution in [0.15, 0.2) is 78.9 Å². The molecule has 1 saturated heterocycles. The maximum Gasteiger partial charge on any atom is 0.123 e. The van der Waals surface area contributed by atoms with Crippen molar-refractivity contribution < 1.29 is 4.74 Å². The minimum absolute atomic E-state index is 0.292. The minimum atomic E-state index is 0.292. The summed E-state index contributed by atoms with van der Waals surface area (Å²) in [5, 5.41) is 3.77. The zero-order valence-corrected chi connectivity index (χ0v) is 18.7. The number of ether oxygens (including phenoxy) is 1. The number of hydrogen-bond acceptors (Lipinski definition) is 4. The number of hydrogen-bond donors (Lipinski definition) is 1. The van der Waals surface area contributed by atoms with Gasteiger partial charge in [0.25, 0.3) is 0 Å². The van der Waals surface area contributed by atoms with Crippen molar-refractivity contribution in [1.29, 1.82) is 0 Å². The first-order chi connectivity index (χ1) is 15.4. The highest BCUT2D eigenvalue weighted by Crippen LogP contribution is 2.45. The number of anilines is 1. The second-order valence-corrected chi connectivity index (χ2v) is 9.55. The molecular formula is C27H30N2OS. The predicted molar refractivity (Wildman–Crippen MR) is 131 cm³/mol. The molecule has 2 heterocycles. The third kappa shape index (κ3) is 4.76. The number of nitrogens with zero attached hydrogens (tertiary/aromatic N) is 1. The topological polar surface area (TPSA) is 24.5 Å². The lowest BCUT2D eigenvalue weighted by Crippen LogP contribution is -2.35. The summed E-state index contributed by atoms with van der Waals surface area (Å²) in [5.41, 5.74) is 5.22. The second kappa shape index (κ2) is 9.80. The third-order valence-electron chi connectivity index (χ3n) is 6.40. The summed E-state index contributed by atoms with van der Waals surface area (Å²) in [4.78, 5) is 2.52. The summed E-state index contributed by atoms with van der Waals surface area (Å²) >= 11 is 2.05. The van der Waals surface area contributed by atoms with E-state index in [0.717, 1.165) is 25.3 Å². The molecule has 0 aromatic heterocycles. The zero-order valence-electron chi connectivity index (χ0n) is 17.9. The second-order valence-electron chi connectivity index (χ2n) is 8.32. The van der Waals surface area contributed by atoms with Crippen LogP contribution in [0, 0.1) is 0 Å². The molecule has 0 bridgehead atoms. The fraction of sp³-hybridized carbons (Fsp3) is 0.333. The van der Waals surface area contributed by atoms with Crippen LogP contribution in [0.3, 0.4) is 0 Å². The highest BCUT2D eigenvalue weighted by Gasteiger charge is 2.30. The Morgan fingerprint density at radius 1 is 0.839 bits per heavy atom. The number of rotatable bonds is 6. The van der Waals surface area contributed by atoms with Crippen molar-refractivity contribution in [2.75, 3.05) is 43.1 Å². The Morgan fingerprint density at radius 2 is 1.55 bits per heavy atom. The monoisotopic (exact) mass is 430 g/mol. The highest BCUT2D eigenvalue weighted by molar-refractivity contribution is 7.99. The molecule has 2 aliphatic rings. The van der Waals surface area contributed by atoms with Gasteiger partial charge in [-0.15, -0.1) is 0 Å². The van der Waals surface area contributed by atoms with E-state index in [2.05, 4.69) is 101 Å². The van der Waals surface area contributed by atoms with Crippen molar-refractivity contribution in [2.45, 2.75) is 18.4 Å². The van der Waals surface area contributed by atoms with Gasteiger partial charge in [-0.1, -0.05) is 66.7 Å². The Morgan fingerprint density at radius 3 is 2.39 bits per heavy atom. The molecule has 3 aromatic carbocycles. The first-order valence-electron chi connectivity index (χ1n) is 11.3. The van der Waals surface area contributed by atoms with Crippen LogP contribution < -0.4 is 10.1 Å². The number of thioether (sulfide) groups is 1. The molecule has 1 N–H and O–H groups in total. The van der Waals surface area contributed by atoms with Gasteiger partial charge in [0, 0.05) is 48.3 Å². The van der Waals surface area contributed by atoms with E-state index in [0.29, 0.717) is 12.0 Å². The van der Waals surface area contributed by atoms with Gasteiger partial charge in [-0.3, -0.25) is 4.90 Å². The van der Waals surface area contributed by atoms with E-state index in [1.165, 1.54) is 47.0 Å². The Bertz CT molecular complexity index is 987. The van der Waals surface area contributed by atoms with Crippen LogP contribution in [0.1, 0.15) is 35.1 Å². The van der Waals surface area contributed by atoms with Gasteiger partial charge < -0.3 is 10.1 Å². The van der Waals surface area contributed by atoms with Crippen molar-refractivity contribution in [3.05, 3.63) is 95.6 Å². The van der Waals surface area contributed by atoms with Gasteiger partial charge in [0.15, 0.2) is 0 Å². The van der Waals surface area contributed by atoms with E-state index < -0.39 is 0 Å². The molecule has 0 spiro atoms. The Balaban J connectivity index is 1.39. The average molecular weight is 431 g/mol. The SMILES string of the molecule is c1ccc(C2CC(c3ccccc3OCCN3CCSCC3)c3ccccc3N2)cc1. The first-order valence-corrected chi connectivity index (χ1v) is 12.5. The summed E-state index contributed by atoms with van der Waals surface area (Å²) in [6.07, 6.45) is 1.02. The molecule has 3 nitrogen and oxygen atoms in total. The third-order valence-corrected chi connectivity index (χ3v) is 7.34. The van der Waals surface area contributed by atoms with Crippen LogP contribution in [0.2, 0.25) is 0 Å². The minimum Gasteiger partial charge on any atom is -0.492 e. The molecule has 2 unspecified atom stereocenters. The van der Waals surface area contributed by atoms with E-state index >= 15 is 0 Å². The molecule has 4 heteroatoms. The van der Waals surface area contributed by atoms with Crippen LogP contribution in [0.4, 0.5) is 5.69 Å². The number of para-hydroxylation sites is 2. The summed E-state index contributed by atoms with van der Waals surface area (Å²) in [6, 6.07) is 28.4. The van der Waals surface area contributed by atoms with E-state index in [4.69, 9.17) is 4.74 Å². The maximum absolute atomic E-state index is 6.38. The van der Waals surface area contributed by atoms with Gasteiger partial charge in [-0.25, -0.2) is 0 Å². The van der Waals surface area contributed by atoms with Crippen LogP contribution in [0.5, 0.6) is 5.75 Å². The number of fused-ring (bicyclic) bond motifs is 1. The van der Waals surface area contributed by atoms with Crippen LogP contribution >= 0.6 is 11.8 Å². The van der Waals surface area contributed by atoms with E-state index in [-0.39, 0.29) is 0 Å². The molecule has 31 heavy (non-hydrogen) atoms. The van der Waals surface area contributed by atoms with Crippen molar-refractivity contribution in [3.8, 4) is 5.75 Å². The van der Waals surface area contributed by atoms with Gasteiger partial charge >= 0.3 is 0 Å². The fourth-order valence-electron chi connectivity index (χ4n) is 4.75. The van der Waals surface area contributed by atoms with E-state index in [1.807, 2.05) is 0 Å². The predicted octanol–water partition coefficient (Wildman–Crippen LogP) is 5.80. The number of nitrogens with one attached hydrogen (secondary N) is 1. The zero-order chi connectivity index (χ0) is 20.9. The lowest BCUT2D eigenvalue weighted by atomic mass is 9.80. The Labute approximate surface area is 189 Å². The molecule has 3 aromatic rings. The maximum atomic E-state index is 6.38. The highest BCUT2D eigenvalue weighted by atomic mass is 32.2. The summed E-state index contributed by atoms with van der Waals surface area (Å²) < 4.78 is 6.38. The van der Waals surface area contributed by atoms with E-state index in [1.54, 1.807) is 0 Å². The summed E-state index contributed by atoms with van der Waals surface area (Å²) in [6.45, 7) is 4.10. The fourth-order valence-corrected chi connectivity index (χ4v) is 5.73. The van der Waals surface area contributed by atoms with Crippen molar-refractivity contribution in [1.82, 2.24) is 4.90 Å². The molecular weight excluding hydrogens is 400 g/mol. The van der Waals surface area contributed by atoms with Crippen molar-refractivity contribution >= 4 is 17.4 Å². The molecule has 0 amide bonds. The normalized spacial score (nSPS) is 21.2. The molecule has 0 aliphatic carbocycles. The molecule has 0 saturated carbocycles. The Hall–Kier alpha value is -2.43. The van der Waals surface area contributed by atoms with Gasteiger partial charge in [0.05, 0.1) is 6.04 Å². The molecule has 2 atom stereocenters. The van der Waals surface area contributed by atoms with Gasteiger partial charge in [-0.2, -0.15) is 11.8 Å².